The van der Waals surface area contributed by atoms with E-state index < -0.39 is 31.0 Å². The van der Waals surface area contributed by atoms with E-state index in [4.69, 9.17) is 15.8 Å². The van der Waals surface area contributed by atoms with Gasteiger partial charge >= 0.3 is 11.9 Å². The minimum atomic E-state index is -3.85. The minimum absolute atomic E-state index is 0.0988. The summed E-state index contributed by atoms with van der Waals surface area (Å²) in [5.41, 5.74) is 0. The monoisotopic (exact) mass is 463 g/mol. The van der Waals surface area contributed by atoms with E-state index in [1.807, 2.05) is 0 Å². The Morgan fingerprint density at radius 3 is 1.62 bits per heavy atom. The molecule has 2 aromatic heterocycles. The molecule has 0 saturated carbocycles. The van der Waals surface area contributed by atoms with E-state index in [1.54, 1.807) is 0 Å². The van der Waals surface area contributed by atoms with Crippen LogP contribution in [0.25, 0.3) is 0 Å². The lowest BCUT2D eigenvalue weighted by Gasteiger charge is -1.90. The number of esters is 2. The highest BCUT2D eigenvalue weighted by atomic mass is 35.7. The third kappa shape index (κ3) is 6.26. The van der Waals surface area contributed by atoms with E-state index in [1.165, 1.54) is 14.2 Å². The molecule has 0 spiro atoms. The van der Waals surface area contributed by atoms with Gasteiger partial charge in [-0.3, -0.25) is 0 Å². The predicted octanol–water partition coefficient (Wildman–Crippen LogP) is 0.434. The number of primary sulfonamides is 1. The van der Waals surface area contributed by atoms with Crippen molar-refractivity contribution in [2.24, 2.45) is 5.14 Å². The van der Waals surface area contributed by atoms with Crippen molar-refractivity contribution in [2.75, 3.05) is 14.2 Å². The molecule has 2 heterocycles. The summed E-state index contributed by atoms with van der Waals surface area (Å²) in [6.07, 6.45) is 2.21. The van der Waals surface area contributed by atoms with Gasteiger partial charge in [0.05, 0.1) is 26.6 Å². The molecule has 0 radical (unpaired) electrons. The highest BCUT2D eigenvalue weighted by Crippen LogP contribution is 2.21. The number of hydrogen-bond donors (Lipinski definition) is 1. The lowest BCUT2D eigenvalue weighted by atomic mass is 10.6. The molecule has 0 aromatic carbocycles. The van der Waals surface area contributed by atoms with E-state index in [-0.39, 0.29) is 18.4 Å². The van der Waals surface area contributed by atoms with Gasteiger partial charge in [0.1, 0.15) is 9.75 Å². The molecule has 0 unspecified atom stereocenters. The van der Waals surface area contributed by atoms with Crippen molar-refractivity contribution in [3.8, 4) is 0 Å². The summed E-state index contributed by atoms with van der Waals surface area (Å²) in [4.78, 5) is 28.8. The fourth-order valence-electron chi connectivity index (χ4n) is 1.15. The first-order valence-corrected chi connectivity index (χ1v) is 11.4. The van der Waals surface area contributed by atoms with E-state index in [9.17, 15) is 26.4 Å². The molecule has 0 fully saturated rings. The number of carbonyl (C=O) groups is 2. The van der Waals surface area contributed by atoms with Gasteiger partial charge in [-0.2, -0.15) is 0 Å². The molecule has 0 aliphatic heterocycles. The maximum atomic E-state index is 10.9. The van der Waals surface area contributed by atoms with Gasteiger partial charge in [0.15, 0.2) is 0 Å². The molecule has 0 bridgehead atoms. The number of methoxy groups -OCH3 is 2. The molecule has 0 amide bonds. The topological polar surface area (TPSA) is 173 Å². The second-order valence-electron chi connectivity index (χ2n) is 3.95. The molecule has 2 aromatic rings. The summed E-state index contributed by atoms with van der Waals surface area (Å²) in [7, 11) is -0.304. The number of thiazole rings is 2. The third-order valence-electron chi connectivity index (χ3n) is 2.19. The first-order chi connectivity index (χ1) is 11.9. The Morgan fingerprint density at radius 1 is 0.962 bits per heavy atom. The van der Waals surface area contributed by atoms with E-state index in [2.05, 4.69) is 19.4 Å². The van der Waals surface area contributed by atoms with E-state index in [0.717, 1.165) is 12.4 Å². The maximum Gasteiger partial charge on any atom is 0.349 e. The Kier molecular flexibility index (Phi) is 7.60. The first-order valence-electron chi connectivity index (χ1n) is 5.96. The van der Waals surface area contributed by atoms with Gasteiger partial charge in [0.25, 0.3) is 19.1 Å². The highest BCUT2D eigenvalue weighted by molar-refractivity contribution is 8.15. The van der Waals surface area contributed by atoms with Crippen molar-refractivity contribution in [2.45, 2.75) is 8.68 Å². The van der Waals surface area contributed by atoms with Crippen molar-refractivity contribution < 1.29 is 35.9 Å². The SMILES string of the molecule is COC(=O)c1cnc(S(=O)(=O)Cl)s1.COC(=O)c1cnc(S(N)(=O)=O)s1. The fraction of sp³-hybridized carbons (Fsp3) is 0.200. The highest BCUT2D eigenvalue weighted by Gasteiger charge is 2.19. The smallest absolute Gasteiger partial charge is 0.349 e. The number of aromatic nitrogens is 2. The summed E-state index contributed by atoms with van der Waals surface area (Å²) in [6.45, 7) is 0. The summed E-state index contributed by atoms with van der Waals surface area (Å²) in [5, 5.41) is 4.78. The van der Waals surface area contributed by atoms with Crippen LogP contribution in [0.15, 0.2) is 21.1 Å². The Hall–Kier alpha value is -1.65. The van der Waals surface area contributed by atoms with E-state index >= 15 is 0 Å². The Labute approximate surface area is 160 Å². The van der Waals surface area contributed by atoms with Crippen LogP contribution in [0.3, 0.4) is 0 Å². The zero-order chi connectivity index (χ0) is 20.1. The lowest BCUT2D eigenvalue weighted by molar-refractivity contribution is 0.0597. The van der Waals surface area contributed by atoms with Gasteiger partial charge < -0.3 is 9.47 Å². The number of sulfonamides is 1. The number of halogens is 1. The quantitative estimate of drug-likeness (QED) is 0.494. The minimum Gasteiger partial charge on any atom is -0.465 e. The van der Waals surface area contributed by atoms with Crippen LogP contribution in [0.4, 0.5) is 0 Å². The van der Waals surface area contributed by atoms with Gasteiger partial charge in [0.2, 0.25) is 8.68 Å². The molecular weight excluding hydrogens is 454 g/mol. The van der Waals surface area contributed by atoms with Crippen LogP contribution in [-0.2, 0) is 28.5 Å². The van der Waals surface area contributed by atoms with Crippen molar-refractivity contribution >= 4 is 64.4 Å². The standard InChI is InChI=1S/C5H4ClNO4S2.C5H6N2O4S2/c2*1-11-4(8)3-2-7-5(12-3)13(6,9)10/h2H,1H3;2H,1H3,(H2,6,9,10). The Balaban J connectivity index is 0.000000260. The van der Waals surface area contributed by atoms with Crippen LogP contribution in [0, 0.1) is 0 Å². The first kappa shape index (κ1) is 22.4. The molecule has 2 N–H and O–H groups in total. The largest absolute Gasteiger partial charge is 0.465 e. The molecular formula is C10H10ClN3O8S4. The summed E-state index contributed by atoms with van der Waals surface area (Å²) in [5.74, 6) is -1.27. The molecule has 0 atom stereocenters. The average molecular weight is 464 g/mol. The molecule has 0 aliphatic carbocycles. The normalized spacial score (nSPS) is 11.2. The van der Waals surface area contributed by atoms with Gasteiger partial charge in [-0.15, -0.1) is 0 Å². The zero-order valence-electron chi connectivity index (χ0n) is 12.9. The van der Waals surface area contributed by atoms with Gasteiger partial charge in [-0.1, -0.05) is 22.7 Å². The Morgan fingerprint density at radius 2 is 1.35 bits per heavy atom. The average Bonchev–Trinajstić information content (AvgIpc) is 3.22. The van der Waals surface area contributed by atoms with Gasteiger partial charge in [-0.05, 0) is 0 Å². The molecule has 0 saturated heterocycles. The number of carbonyl (C=O) groups excluding carboxylic acids is 2. The number of nitrogens with zero attached hydrogens (tertiary/aromatic N) is 2. The number of ether oxygens (including phenoxy) is 2. The van der Waals surface area contributed by atoms with E-state index in [0.29, 0.717) is 22.7 Å². The van der Waals surface area contributed by atoms with Crippen LogP contribution in [-0.4, -0.2) is 53.0 Å². The second kappa shape index (κ2) is 8.83. The van der Waals surface area contributed by atoms with Crippen LogP contribution in [0.2, 0.25) is 0 Å². The fourth-order valence-corrected chi connectivity index (χ4v) is 4.46. The molecule has 16 heteroatoms. The molecule has 144 valence electrons. The summed E-state index contributed by atoms with van der Waals surface area (Å²) < 4.78 is 51.0. The summed E-state index contributed by atoms with van der Waals surface area (Å²) in [6, 6.07) is 0. The van der Waals surface area contributed by atoms with Crippen molar-refractivity contribution in [3.05, 3.63) is 22.1 Å². The summed E-state index contributed by atoms with van der Waals surface area (Å²) >= 11 is 1.34. The number of hydrogen-bond acceptors (Lipinski definition) is 12. The molecule has 2 rings (SSSR count). The maximum absolute atomic E-state index is 10.9. The number of rotatable bonds is 4. The van der Waals surface area contributed by atoms with Crippen LogP contribution >= 0.6 is 33.4 Å². The van der Waals surface area contributed by atoms with Crippen molar-refractivity contribution in [3.63, 3.8) is 0 Å². The molecule has 0 aliphatic rings. The van der Waals surface area contributed by atoms with Crippen molar-refractivity contribution in [1.82, 2.24) is 9.97 Å². The zero-order valence-corrected chi connectivity index (χ0v) is 16.9. The second-order valence-corrected chi connectivity index (χ2v) is 10.5. The van der Waals surface area contributed by atoms with Crippen LogP contribution in [0.1, 0.15) is 19.3 Å². The Bertz CT molecular complexity index is 928. The lowest BCUT2D eigenvalue weighted by Crippen LogP contribution is -2.11. The predicted molar refractivity (Wildman–Crippen MR) is 91.3 cm³/mol. The molecule has 26 heavy (non-hydrogen) atoms. The van der Waals surface area contributed by atoms with Crippen molar-refractivity contribution in [1.29, 1.82) is 0 Å². The van der Waals surface area contributed by atoms with Gasteiger partial charge in [0, 0.05) is 10.7 Å². The van der Waals surface area contributed by atoms with Crippen LogP contribution < -0.4 is 5.14 Å². The molecule has 11 nitrogen and oxygen atoms in total. The number of nitrogens with two attached hydrogens (primary N) is 1. The third-order valence-corrected chi connectivity index (χ3v) is 7.42. The van der Waals surface area contributed by atoms with Gasteiger partial charge in [-0.25, -0.2) is 41.5 Å². The van der Waals surface area contributed by atoms with Crippen LogP contribution in [0.5, 0.6) is 0 Å².